The zero-order valence-electron chi connectivity index (χ0n) is 11.4. The molecule has 0 aliphatic rings. The normalized spacial score (nSPS) is 12.2. The Morgan fingerprint density at radius 2 is 1.60 bits per heavy atom. The number of rotatable bonds is 5. The van der Waals surface area contributed by atoms with Crippen LogP contribution in [0.5, 0.6) is 0 Å². The summed E-state index contributed by atoms with van der Waals surface area (Å²) in [6, 6.07) is -0.896. The van der Waals surface area contributed by atoms with Crippen LogP contribution in [-0.4, -0.2) is 29.9 Å². The van der Waals surface area contributed by atoms with E-state index in [9.17, 15) is 22.4 Å². The molecule has 1 atom stereocenters. The molecule has 0 aromatic heterocycles. The molecule has 1 unspecified atom stereocenters. The first kappa shape index (κ1) is 16.3. The van der Waals surface area contributed by atoms with Crippen LogP contribution >= 0.6 is 0 Å². The summed E-state index contributed by atoms with van der Waals surface area (Å²) < 4.78 is 53.0. The van der Waals surface area contributed by atoms with Crippen molar-refractivity contribution in [3.05, 3.63) is 29.3 Å². The standard InChI is InChI=1S/C13H16F4N2O/c1-4-19(5-2)13(20)7(3)18-12-10(16)8(14)6-9(15)11(12)17/h6-7,18H,4-5H2,1-3H3. The second-order valence-electron chi connectivity index (χ2n) is 4.22. The van der Waals surface area contributed by atoms with Gasteiger partial charge >= 0.3 is 0 Å². The van der Waals surface area contributed by atoms with Crippen molar-refractivity contribution >= 4 is 11.6 Å². The Labute approximate surface area is 114 Å². The fourth-order valence-electron chi connectivity index (χ4n) is 1.79. The molecule has 0 saturated carbocycles. The van der Waals surface area contributed by atoms with Crippen molar-refractivity contribution in [3.8, 4) is 0 Å². The number of halogens is 4. The summed E-state index contributed by atoms with van der Waals surface area (Å²) in [7, 11) is 0. The number of hydrogen-bond donors (Lipinski definition) is 1. The van der Waals surface area contributed by atoms with Crippen LogP contribution in [0, 0.1) is 23.3 Å². The van der Waals surface area contributed by atoms with Gasteiger partial charge in [-0.3, -0.25) is 4.79 Å². The summed E-state index contributed by atoms with van der Waals surface area (Å²) in [5, 5.41) is 2.19. The zero-order valence-corrected chi connectivity index (χ0v) is 11.4. The first-order chi connectivity index (χ1) is 9.33. The largest absolute Gasteiger partial charge is 0.369 e. The Kier molecular flexibility index (Phi) is 5.35. The van der Waals surface area contributed by atoms with E-state index >= 15 is 0 Å². The second-order valence-corrected chi connectivity index (χ2v) is 4.22. The van der Waals surface area contributed by atoms with Gasteiger partial charge in [-0.1, -0.05) is 0 Å². The van der Waals surface area contributed by atoms with E-state index in [4.69, 9.17) is 0 Å². The third-order valence-electron chi connectivity index (χ3n) is 2.92. The molecule has 20 heavy (non-hydrogen) atoms. The minimum absolute atomic E-state index is 0.118. The molecule has 0 bridgehead atoms. The van der Waals surface area contributed by atoms with Gasteiger partial charge in [0.05, 0.1) is 0 Å². The molecule has 3 nitrogen and oxygen atoms in total. The smallest absolute Gasteiger partial charge is 0.244 e. The van der Waals surface area contributed by atoms with Crippen molar-refractivity contribution in [2.75, 3.05) is 18.4 Å². The van der Waals surface area contributed by atoms with E-state index < -0.39 is 40.9 Å². The van der Waals surface area contributed by atoms with Crippen molar-refractivity contribution in [2.45, 2.75) is 26.8 Å². The Bertz CT molecular complexity index is 477. The van der Waals surface area contributed by atoms with Crippen molar-refractivity contribution in [1.29, 1.82) is 0 Å². The van der Waals surface area contributed by atoms with Crippen LogP contribution < -0.4 is 5.32 Å². The monoisotopic (exact) mass is 292 g/mol. The summed E-state index contributed by atoms with van der Waals surface area (Å²) in [5.41, 5.74) is -0.976. The molecule has 1 amide bonds. The van der Waals surface area contributed by atoms with E-state index in [1.165, 1.54) is 11.8 Å². The van der Waals surface area contributed by atoms with Gasteiger partial charge in [-0.25, -0.2) is 17.6 Å². The molecule has 1 aromatic rings. The van der Waals surface area contributed by atoms with Gasteiger partial charge in [-0.15, -0.1) is 0 Å². The van der Waals surface area contributed by atoms with Crippen molar-refractivity contribution in [1.82, 2.24) is 4.90 Å². The number of hydrogen-bond acceptors (Lipinski definition) is 2. The SMILES string of the molecule is CCN(CC)C(=O)C(C)Nc1c(F)c(F)cc(F)c1F. The van der Waals surface area contributed by atoms with Gasteiger partial charge < -0.3 is 10.2 Å². The number of nitrogens with zero attached hydrogens (tertiary/aromatic N) is 1. The fourth-order valence-corrected chi connectivity index (χ4v) is 1.79. The highest BCUT2D eigenvalue weighted by molar-refractivity contribution is 5.84. The van der Waals surface area contributed by atoms with Crippen molar-refractivity contribution in [2.24, 2.45) is 0 Å². The van der Waals surface area contributed by atoms with Crippen molar-refractivity contribution in [3.63, 3.8) is 0 Å². The third-order valence-corrected chi connectivity index (χ3v) is 2.92. The van der Waals surface area contributed by atoms with Gasteiger partial charge in [0.25, 0.3) is 0 Å². The highest BCUT2D eigenvalue weighted by Gasteiger charge is 2.24. The Morgan fingerprint density at radius 3 is 2.00 bits per heavy atom. The Morgan fingerprint density at radius 1 is 1.15 bits per heavy atom. The van der Waals surface area contributed by atoms with E-state index in [1.54, 1.807) is 13.8 Å². The molecule has 1 rings (SSSR count). The van der Waals surface area contributed by atoms with Gasteiger partial charge in [0.15, 0.2) is 23.3 Å². The van der Waals surface area contributed by atoms with Crippen LogP contribution in [0.1, 0.15) is 20.8 Å². The van der Waals surface area contributed by atoms with Crippen LogP contribution in [0.2, 0.25) is 0 Å². The van der Waals surface area contributed by atoms with Gasteiger partial charge in [0.1, 0.15) is 11.7 Å². The van der Waals surface area contributed by atoms with E-state index in [0.29, 0.717) is 13.1 Å². The van der Waals surface area contributed by atoms with Crippen LogP contribution in [0.15, 0.2) is 6.07 Å². The summed E-state index contributed by atoms with van der Waals surface area (Å²) >= 11 is 0. The lowest BCUT2D eigenvalue weighted by atomic mass is 10.2. The molecule has 0 radical (unpaired) electrons. The maximum absolute atomic E-state index is 13.5. The number of amides is 1. The molecule has 0 fully saturated rings. The molecular formula is C13H16F4N2O. The number of anilines is 1. The highest BCUT2D eigenvalue weighted by Crippen LogP contribution is 2.24. The predicted molar refractivity (Wildman–Crippen MR) is 67.3 cm³/mol. The highest BCUT2D eigenvalue weighted by atomic mass is 19.2. The maximum atomic E-state index is 13.5. The molecule has 0 heterocycles. The van der Waals surface area contributed by atoms with Crippen LogP contribution in [0.25, 0.3) is 0 Å². The lowest BCUT2D eigenvalue weighted by molar-refractivity contribution is -0.131. The molecule has 7 heteroatoms. The van der Waals surface area contributed by atoms with E-state index in [0.717, 1.165) is 0 Å². The fraction of sp³-hybridized carbons (Fsp3) is 0.462. The average Bonchev–Trinajstić information content (AvgIpc) is 2.42. The molecule has 112 valence electrons. The van der Waals surface area contributed by atoms with E-state index in [-0.39, 0.29) is 6.07 Å². The van der Waals surface area contributed by atoms with Crippen LogP contribution in [-0.2, 0) is 4.79 Å². The lowest BCUT2D eigenvalue weighted by Crippen LogP contribution is -2.41. The average molecular weight is 292 g/mol. The predicted octanol–water partition coefficient (Wildman–Crippen LogP) is 2.91. The maximum Gasteiger partial charge on any atom is 0.244 e. The molecule has 1 aromatic carbocycles. The first-order valence-corrected chi connectivity index (χ1v) is 6.21. The molecule has 0 aliphatic carbocycles. The summed E-state index contributed by atoms with van der Waals surface area (Å²) in [6.45, 7) is 5.70. The number of carbonyl (C=O) groups is 1. The van der Waals surface area contributed by atoms with Crippen LogP contribution in [0.3, 0.4) is 0 Å². The van der Waals surface area contributed by atoms with Crippen LogP contribution in [0.4, 0.5) is 23.2 Å². The topological polar surface area (TPSA) is 32.3 Å². The summed E-state index contributed by atoms with van der Waals surface area (Å²) in [5.74, 6) is -6.56. The third kappa shape index (κ3) is 3.20. The number of benzene rings is 1. The van der Waals surface area contributed by atoms with E-state index in [2.05, 4.69) is 5.32 Å². The van der Waals surface area contributed by atoms with Crippen molar-refractivity contribution < 1.29 is 22.4 Å². The zero-order chi connectivity index (χ0) is 15.4. The van der Waals surface area contributed by atoms with Gasteiger partial charge in [0, 0.05) is 19.2 Å². The summed E-state index contributed by atoms with van der Waals surface area (Å²) in [4.78, 5) is 13.4. The quantitative estimate of drug-likeness (QED) is 0.668. The Hall–Kier alpha value is -1.79. The second kappa shape index (κ2) is 6.58. The molecule has 1 N–H and O–H groups in total. The summed E-state index contributed by atoms with van der Waals surface area (Å²) in [6.07, 6.45) is 0. The first-order valence-electron chi connectivity index (χ1n) is 6.21. The number of nitrogens with one attached hydrogen (secondary N) is 1. The minimum Gasteiger partial charge on any atom is -0.369 e. The van der Waals surface area contributed by atoms with Gasteiger partial charge in [0.2, 0.25) is 5.91 Å². The molecule has 0 saturated heterocycles. The van der Waals surface area contributed by atoms with E-state index in [1.807, 2.05) is 0 Å². The van der Waals surface area contributed by atoms with Gasteiger partial charge in [-0.2, -0.15) is 0 Å². The molecular weight excluding hydrogens is 276 g/mol. The van der Waals surface area contributed by atoms with Gasteiger partial charge in [-0.05, 0) is 20.8 Å². The molecule has 0 aliphatic heterocycles. The number of likely N-dealkylation sites (N-methyl/N-ethyl adjacent to an activating group) is 1. The number of carbonyl (C=O) groups excluding carboxylic acids is 1. The Balaban J connectivity index is 3.02. The lowest BCUT2D eigenvalue weighted by Gasteiger charge is -2.24. The minimum atomic E-state index is -1.55. The molecule has 0 spiro atoms.